The number of nitrogens with zero attached hydrogens (tertiary/aromatic N) is 2. The fourth-order valence-corrected chi connectivity index (χ4v) is 2.39. The van der Waals surface area contributed by atoms with Crippen LogP contribution in [0.15, 0.2) is 72.9 Å². The van der Waals surface area contributed by atoms with Crippen LogP contribution in [-0.4, -0.2) is 19.1 Å². The summed E-state index contributed by atoms with van der Waals surface area (Å²) < 4.78 is 0. The number of aromatic nitrogens is 1. The van der Waals surface area contributed by atoms with Crippen molar-refractivity contribution < 1.29 is 0 Å². The summed E-state index contributed by atoms with van der Waals surface area (Å²) in [6.45, 7) is 0. The van der Waals surface area contributed by atoms with E-state index in [4.69, 9.17) is 0 Å². The first kappa shape index (κ1) is 15.0. The monoisotopic (exact) mass is 300 g/mol. The minimum Gasteiger partial charge on any atom is -0.378 e. The summed E-state index contributed by atoms with van der Waals surface area (Å²) in [4.78, 5) is 6.56. The van der Waals surface area contributed by atoms with Gasteiger partial charge in [-0.3, -0.25) is 4.98 Å². The summed E-state index contributed by atoms with van der Waals surface area (Å²) in [5.74, 6) is 0. The van der Waals surface area contributed by atoms with Crippen LogP contribution in [0.1, 0.15) is 11.1 Å². The second-order valence-corrected chi connectivity index (χ2v) is 5.66. The Bertz CT molecular complexity index is 788. The predicted molar refractivity (Wildman–Crippen MR) is 99.4 cm³/mol. The van der Waals surface area contributed by atoms with Gasteiger partial charge in [-0.15, -0.1) is 0 Å². The van der Waals surface area contributed by atoms with Gasteiger partial charge in [-0.2, -0.15) is 0 Å². The van der Waals surface area contributed by atoms with E-state index in [1.165, 1.54) is 11.3 Å². The molecule has 0 saturated heterocycles. The lowest BCUT2D eigenvalue weighted by Crippen LogP contribution is -2.07. The lowest BCUT2D eigenvalue weighted by atomic mass is 10.1. The maximum Gasteiger partial charge on any atom is 0.0707 e. The van der Waals surface area contributed by atoms with Crippen molar-refractivity contribution in [1.82, 2.24) is 4.98 Å². The van der Waals surface area contributed by atoms with Crippen LogP contribution in [0, 0.1) is 0 Å². The highest BCUT2D eigenvalue weighted by Gasteiger charge is 1.98. The van der Waals surface area contributed by atoms with Gasteiger partial charge in [0.1, 0.15) is 0 Å². The Morgan fingerprint density at radius 3 is 2.17 bits per heavy atom. The lowest BCUT2D eigenvalue weighted by molar-refractivity contribution is 1.13. The molecule has 0 aliphatic rings. The Morgan fingerprint density at radius 1 is 0.783 bits per heavy atom. The van der Waals surface area contributed by atoms with E-state index in [-0.39, 0.29) is 0 Å². The summed E-state index contributed by atoms with van der Waals surface area (Å²) in [6.07, 6.45) is 6.11. The predicted octanol–water partition coefficient (Wildman–Crippen LogP) is 4.99. The first-order chi connectivity index (χ1) is 11.2. The third-order valence-corrected chi connectivity index (χ3v) is 3.73. The molecule has 1 heterocycles. The first-order valence-corrected chi connectivity index (χ1v) is 7.69. The molecule has 0 bridgehead atoms. The van der Waals surface area contributed by atoms with Gasteiger partial charge in [0.15, 0.2) is 0 Å². The zero-order valence-corrected chi connectivity index (χ0v) is 13.5. The molecule has 0 saturated carbocycles. The highest BCUT2D eigenvalue weighted by Crippen LogP contribution is 2.19. The molecule has 114 valence electrons. The Balaban J connectivity index is 1.80. The number of anilines is 1. The van der Waals surface area contributed by atoms with E-state index >= 15 is 0 Å². The maximum atomic E-state index is 4.46. The fraction of sp³-hybridized carbons (Fsp3) is 0.0952. The largest absolute Gasteiger partial charge is 0.378 e. The van der Waals surface area contributed by atoms with Crippen LogP contribution >= 0.6 is 0 Å². The SMILES string of the molecule is CN(C)c1ccc(/C=C/c2ccnc(-c3ccccc3)c2)cc1. The third kappa shape index (κ3) is 3.86. The van der Waals surface area contributed by atoms with Crippen molar-refractivity contribution in [2.24, 2.45) is 0 Å². The van der Waals surface area contributed by atoms with E-state index < -0.39 is 0 Å². The van der Waals surface area contributed by atoms with E-state index in [1.54, 1.807) is 0 Å². The van der Waals surface area contributed by atoms with Gasteiger partial charge in [0.25, 0.3) is 0 Å². The zero-order valence-electron chi connectivity index (χ0n) is 13.5. The molecule has 0 atom stereocenters. The average Bonchev–Trinajstić information content (AvgIpc) is 2.61. The van der Waals surface area contributed by atoms with E-state index in [1.807, 2.05) is 44.6 Å². The van der Waals surface area contributed by atoms with Gasteiger partial charge >= 0.3 is 0 Å². The fourth-order valence-electron chi connectivity index (χ4n) is 2.39. The van der Waals surface area contributed by atoms with Gasteiger partial charge in [0, 0.05) is 31.5 Å². The van der Waals surface area contributed by atoms with Crippen LogP contribution in [-0.2, 0) is 0 Å². The lowest BCUT2D eigenvalue weighted by Gasteiger charge is -2.11. The van der Waals surface area contributed by atoms with Gasteiger partial charge in [0.2, 0.25) is 0 Å². The molecule has 0 fully saturated rings. The first-order valence-electron chi connectivity index (χ1n) is 7.69. The topological polar surface area (TPSA) is 16.1 Å². The minimum atomic E-state index is 0.996. The van der Waals surface area contributed by atoms with E-state index in [9.17, 15) is 0 Å². The highest BCUT2D eigenvalue weighted by molar-refractivity contribution is 5.72. The van der Waals surface area contributed by atoms with Crippen molar-refractivity contribution in [3.05, 3.63) is 84.1 Å². The van der Waals surface area contributed by atoms with Crippen LogP contribution < -0.4 is 4.90 Å². The third-order valence-electron chi connectivity index (χ3n) is 3.73. The molecule has 3 rings (SSSR count). The molecule has 0 unspecified atom stereocenters. The number of rotatable bonds is 4. The van der Waals surface area contributed by atoms with Crippen LogP contribution in [0.3, 0.4) is 0 Å². The van der Waals surface area contributed by atoms with Crippen LogP contribution in [0.2, 0.25) is 0 Å². The Labute approximate surface area is 137 Å². The molecule has 0 amide bonds. The second-order valence-electron chi connectivity index (χ2n) is 5.66. The van der Waals surface area contributed by atoms with E-state index in [2.05, 4.69) is 64.5 Å². The van der Waals surface area contributed by atoms with Crippen LogP contribution in [0.4, 0.5) is 5.69 Å². The summed E-state index contributed by atoms with van der Waals surface area (Å²) in [5, 5.41) is 0. The molecule has 0 radical (unpaired) electrons. The molecule has 0 spiro atoms. The number of hydrogen-bond acceptors (Lipinski definition) is 2. The molecule has 0 aliphatic heterocycles. The molecular formula is C21H20N2. The Morgan fingerprint density at radius 2 is 1.48 bits per heavy atom. The van der Waals surface area contributed by atoms with E-state index in [0.29, 0.717) is 0 Å². The van der Waals surface area contributed by atoms with Gasteiger partial charge in [-0.1, -0.05) is 54.6 Å². The molecule has 2 aromatic carbocycles. The summed E-state index contributed by atoms with van der Waals surface area (Å²) in [6, 6.07) is 22.9. The van der Waals surface area contributed by atoms with Crippen molar-refractivity contribution in [2.45, 2.75) is 0 Å². The van der Waals surface area contributed by atoms with Gasteiger partial charge in [-0.25, -0.2) is 0 Å². The molecule has 1 aromatic heterocycles. The second kappa shape index (κ2) is 6.93. The smallest absolute Gasteiger partial charge is 0.0707 e. The number of hydrogen-bond donors (Lipinski definition) is 0. The Kier molecular flexibility index (Phi) is 4.53. The zero-order chi connectivity index (χ0) is 16.1. The van der Waals surface area contributed by atoms with Crippen molar-refractivity contribution in [3.8, 4) is 11.3 Å². The normalized spacial score (nSPS) is 10.9. The molecule has 2 heteroatoms. The maximum absolute atomic E-state index is 4.46. The van der Waals surface area contributed by atoms with Crippen molar-refractivity contribution in [2.75, 3.05) is 19.0 Å². The summed E-state index contributed by atoms with van der Waals surface area (Å²) in [5.41, 5.74) is 5.68. The quantitative estimate of drug-likeness (QED) is 0.675. The standard InChI is InChI=1S/C21H20N2/c1-23(2)20-12-10-17(11-13-20)8-9-18-14-15-22-21(16-18)19-6-4-3-5-7-19/h3-16H,1-2H3/b9-8+. The van der Waals surface area contributed by atoms with Gasteiger partial charge in [0.05, 0.1) is 5.69 Å². The van der Waals surface area contributed by atoms with Gasteiger partial charge < -0.3 is 4.90 Å². The molecular weight excluding hydrogens is 280 g/mol. The minimum absolute atomic E-state index is 0.996. The molecule has 23 heavy (non-hydrogen) atoms. The van der Waals surface area contributed by atoms with Crippen LogP contribution in [0.25, 0.3) is 23.4 Å². The molecule has 2 nitrogen and oxygen atoms in total. The van der Waals surface area contributed by atoms with Crippen LogP contribution in [0.5, 0.6) is 0 Å². The summed E-state index contributed by atoms with van der Waals surface area (Å²) in [7, 11) is 4.10. The van der Waals surface area contributed by atoms with Crippen molar-refractivity contribution in [1.29, 1.82) is 0 Å². The average molecular weight is 300 g/mol. The molecule has 3 aromatic rings. The Hall–Kier alpha value is -2.87. The van der Waals surface area contributed by atoms with Crippen molar-refractivity contribution in [3.63, 3.8) is 0 Å². The van der Waals surface area contributed by atoms with E-state index in [0.717, 1.165) is 16.8 Å². The highest BCUT2D eigenvalue weighted by atomic mass is 15.1. The molecule has 0 N–H and O–H groups in total. The van der Waals surface area contributed by atoms with Gasteiger partial charge in [-0.05, 0) is 35.4 Å². The number of benzene rings is 2. The van der Waals surface area contributed by atoms with Crippen molar-refractivity contribution >= 4 is 17.8 Å². The summed E-state index contributed by atoms with van der Waals surface area (Å²) >= 11 is 0. The number of pyridine rings is 1. The molecule has 0 aliphatic carbocycles.